The third-order valence-electron chi connectivity index (χ3n) is 2.58. The van der Waals surface area contributed by atoms with E-state index in [9.17, 15) is 5.11 Å². The molecule has 0 heterocycles. The Hall–Kier alpha value is -0.380. The van der Waals surface area contributed by atoms with Crippen LogP contribution < -0.4 is 5.32 Å². The molecule has 0 saturated carbocycles. The van der Waals surface area contributed by atoms with Crippen molar-refractivity contribution < 1.29 is 5.11 Å². The van der Waals surface area contributed by atoms with Crippen LogP contribution >= 0.6 is 23.4 Å². The summed E-state index contributed by atoms with van der Waals surface area (Å²) in [5.41, 5.74) is 0.854. The smallest absolute Gasteiger partial charge is 0.120 e. The van der Waals surface area contributed by atoms with Gasteiger partial charge in [0.2, 0.25) is 0 Å². The first-order valence-electron chi connectivity index (χ1n) is 5.92. The first kappa shape index (κ1) is 14.7. The van der Waals surface area contributed by atoms with E-state index in [0.29, 0.717) is 23.4 Å². The molecule has 0 aliphatic heterocycles. The molecule has 17 heavy (non-hydrogen) atoms. The van der Waals surface area contributed by atoms with E-state index >= 15 is 0 Å². The maximum atomic E-state index is 9.66. The largest absolute Gasteiger partial charge is 0.508 e. The minimum Gasteiger partial charge on any atom is -0.508 e. The molecule has 0 radical (unpaired) electrons. The van der Waals surface area contributed by atoms with E-state index in [1.807, 2.05) is 11.8 Å². The molecule has 0 bridgehead atoms. The van der Waals surface area contributed by atoms with Crippen LogP contribution in [0.4, 0.5) is 0 Å². The number of phenolic OH excluding ortho intramolecular Hbond substituents is 1. The van der Waals surface area contributed by atoms with Crippen molar-refractivity contribution in [3.05, 3.63) is 28.8 Å². The van der Waals surface area contributed by atoms with E-state index in [2.05, 4.69) is 19.2 Å². The number of hydrogen-bond acceptors (Lipinski definition) is 3. The fourth-order valence-electron chi connectivity index (χ4n) is 1.49. The Kier molecular flexibility index (Phi) is 6.78. The Morgan fingerprint density at radius 2 is 2.24 bits per heavy atom. The summed E-state index contributed by atoms with van der Waals surface area (Å²) in [5, 5.41) is 13.7. The van der Waals surface area contributed by atoms with Gasteiger partial charge in [0.1, 0.15) is 5.75 Å². The molecule has 1 aromatic carbocycles. The van der Waals surface area contributed by atoms with Gasteiger partial charge in [0.05, 0.1) is 0 Å². The monoisotopic (exact) mass is 273 g/mol. The lowest BCUT2D eigenvalue weighted by molar-refractivity contribution is 0.458. The molecule has 0 aliphatic rings. The van der Waals surface area contributed by atoms with Crippen molar-refractivity contribution in [2.75, 3.05) is 11.5 Å². The number of rotatable bonds is 7. The summed E-state index contributed by atoms with van der Waals surface area (Å²) in [6.07, 6.45) is 1.14. The summed E-state index contributed by atoms with van der Waals surface area (Å²) in [5.74, 6) is 2.64. The minimum absolute atomic E-state index is 0.303. The van der Waals surface area contributed by atoms with Crippen LogP contribution in [-0.2, 0) is 6.54 Å². The van der Waals surface area contributed by atoms with E-state index < -0.39 is 0 Å². The maximum absolute atomic E-state index is 9.66. The number of nitrogens with one attached hydrogen (secondary N) is 1. The van der Waals surface area contributed by atoms with E-state index in [-0.39, 0.29) is 0 Å². The highest BCUT2D eigenvalue weighted by Crippen LogP contribution is 2.21. The SMILES string of the molecule is CCSCCC(C)NCc1cc(Cl)ccc1O. The normalized spacial score (nSPS) is 12.6. The van der Waals surface area contributed by atoms with Gasteiger partial charge in [-0.1, -0.05) is 18.5 Å². The Bertz CT molecular complexity index is 346. The Morgan fingerprint density at radius 1 is 1.47 bits per heavy atom. The molecule has 0 saturated heterocycles. The summed E-state index contributed by atoms with van der Waals surface area (Å²) in [6.45, 7) is 4.99. The minimum atomic E-state index is 0.303. The summed E-state index contributed by atoms with van der Waals surface area (Å²) in [7, 11) is 0. The number of thioether (sulfide) groups is 1. The molecule has 0 aromatic heterocycles. The van der Waals surface area contributed by atoms with E-state index in [1.165, 1.54) is 11.5 Å². The van der Waals surface area contributed by atoms with Crippen molar-refractivity contribution in [2.45, 2.75) is 32.9 Å². The van der Waals surface area contributed by atoms with Crippen LogP contribution in [0.1, 0.15) is 25.8 Å². The molecule has 2 N–H and O–H groups in total. The lowest BCUT2D eigenvalue weighted by atomic mass is 10.2. The zero-order valence-corrected chi connectivity index (χ0v) is 11.9. The molecule has 96 valence electrons. The van der Waals surface area contributed by atoms with Gasteiger partial charge in [-0.25, -0.2) is 0 Å². The third-order valence-corrected chi connectivity index (χ3v) is 3.75. The summed E-state index contributed by atoms with van der Waals surface area (Å²) < 4.78 is 0. The molecule has 1 unspecified atom stereocenters. The van der Waals surface area contributed by atoms with Gasteiger partial charge in [-0.15, -0.1) is 0 Å². The Balaban J connectivity index is 2.36. The lowest BCUT2D eigenvalue weighted by Crippen LogP contribution is -2.26. The predicted octanol–water partition coefficient (Wildman–Crippen LogP) is 3.67. The van der Waals surface area contributed by atoms with Crippen molar-refractivity contribution in [3.63, 3.8) is 0 Å². The third kappa shape index (κ3) is 5.66. The molecule has 0 aliphatic carbocycles. The van der Waals surface area contributed by atoms with Crippen LogP contribution in [0.3, 0.4) is 0 Å². The quantitative estimate of drug-likeness (QED) is 0.744. The Morgan fingerprint density at radius 3 is 2.94 bits per heavy atom. The van der Waals surface area contributed by atoms with Crippen LogP contribution in [-0.4, -0.2) is 22.7 Å². The number of halogens is 1. The fourth-order valence-corrected chi connectivity index (χ4v) is 2.49. The standard InChI is InChI=1S/C13H20ClNOS/c1-3-17-7-6-10(2)15-9-11-8-12(14)4-5-13(11)16/h4-5,8,10,15-16H,3,6-7,9H2,1-2H3. The molecular weight excluding hydrogens is 254 g/mol. The summed E-state index contributed by atoms with van der Waals surface area (Å²) >= 11 is 7.85. The van der Waals surface area contributed by atoms with E-state index in [4.69, 9.17) is 11.6 Å². The lowest BCUT2D eigenvalue weighted by Gasteiger charge is -2.14. The van der Waals surface area contributed by atoms with E-state index in [0.717, 1.165) is 12.0 Å². The van der Waals surface area contributed by atoms with Gasteiger partial charge < -0.3 is 10.4 Å². The Labute approximate surface area is 113 Å². The fraction of sp³-hybridized carbons (Fsp3) is 0.538. The number of aromatic hydroxyl groups is 1. The van der Waals surface area contributed by atoms with Crippen LogP contribution in [0.5, 0.6) is 5.75 Å². The molecule has 0 fully saturated rings. The molecular formula is C13H20ClNOS. The second kappa shape index (κ2) is 7.85. The second-order valence-electron chi connectivity index (χ2n) is 4.04. The van der Waals surface area contributed by atoms with Crippen LogP contribution in [0.2, 0.25) is 5.02 Å². The van der Waals surface area contributed by atoms with Crippen molar-refractivity contribution in [3.8, 4) is 5.75 Å². The number of benzene rings is 1. The van der Waals surface area contributed by atoms with Crippen LogP contribution in [0.25, 0.3) is 0 Å². The average molecular weight is 274 g/mol. The maximum Gasteiger partial charge on any atom is 0.120 e. The summed E-state index contributed by atoms with van der Waals surface area (Å²) in [6, 6.07) is 5.59. The first-order chi connectivity index (χ1) is 8.13. The molecule has 1 atom stereocenters. The van der Waals surface area contributed by atoms with Gasteiger partial charge in [0.15, 0.2) is 0 Å². The van der Waals surface area contributed by atoms with Crippen molar-refractivity contribution in [1.82, 2.24) is 5.32 Å². The van der Waals surface area contributed by atoms with E-state index in [1.54, 1.807) is 18.2 Å². The van der Waals surface area contributed by atoms with Crippen molar-refractivity contribution >= 4 is 23.4 Å². The van der Waals surface area contributed by atoms with Gasteiger partial charge in [-0.3, -0.25) is 0 Å². The van der Waals surface area contributed by atoms with Crippen molar-refractivity contribution in [2.24, 2.45) is 0 Å². The molecule has 1 aromatic rings. The zero-order chi connectivity index (χ0) is 12.7. The zero-order valence-electron chi connectivity index (χ0n) is 10.4. The number of hydrogen-bond donors (Lipinski definition) is 2. The summed E-state index contributed by atoms with van der Waals surface area (Å²) in [4.78, 5) is 0. The highest BCUT2D eigenvalue weighted by molar-refractivity contribution is 7.99. The van der Waals surface area contributed by atoms with Gasteiger partial charge in [0.25, 0.3) is 0 Å². The highest BCUT2D eigenvalue weighted by Gasteiger charge is 2.05. The van der Waals surface area contributed by atoms with Gasteiger partial charge in [0, 0.05) is 23.2 Å². The molecule has 0 spiro atoms. The van der Waals surface area contributed by atoms with Crippen molar-refractivity contribution in [1.29, 1.82) is 0 Å². The molecule has 1 rings (SSSR count). The molecule has 2 nitrogen and oxygen atoms in total. The van der Waals surface area contributed by atoms with Gasteiger partial charge >= 0.3 is 0 Å². The van der Waals surface area contributed by atoms with Crippen LogP contribution in [0, 0.1) is 0 Å². The predicted molar refractivity (Wildman–Crippen MR) is 77.0 cm³/mol. The average Bonchev–Trinajstić information content (AvgIpc) is 2.31. The number of phenols is 1. The topological polar surface area (TPSA) is 32.3 Å². The van der Waals surface area contributed by atoms with Crippen LogP contribution in [0.15, 0.2) is 18.2 Å². The first-order valence-corrected chi connectivity index (χ1v) is 7.45. The van der Waals surface area contributed by atoms with Gasteiger partial charge in [-0.2, -0.15) is 11.8 Å². The highest BCUT2D eigenvalue weighted by atomic mass is 35.5. The molecule has 0 amide bonds. The molecule has 4 heteroatoms. The second-order valence-corrected chi connectivity index (χ2v) is 5.87. The van der Waals surface area contributed by atoms with Gasteiger partial charge in [-0.05, 0) is 43.0 Å².